The third-order valence-electron chi connectivity index (χ3n) is 1.84. The van der Waals surface area contributed by atoms with Gasteiger partial charge in [0.1, 0.15) is 6.61 Å². The molecule has 1 amide bonds. The summed E-state index contributed by atoms with van der Waals surface area (Å²) in [6.45, 7) is 0.309. The molecule has 1 saturated heterocycles. The zero-order valence-corrected chi connectivity index (χ0v) is 6.82. The highest BCUT2D eigenvalue weighted by molar-refractivity contribution is 5.79. The Labute approximate surface area is 69.9 Å². The van der Waals surface area contributed by atoms with Gasteiger partial charge in [-0.25, -0.2) is 4.79 Å². The van der Waals surface area contributed by atoms with Gasteiger partial charge in [0, 0.05) is 20.0 Å². The number of nitrogens with zero attached hydrogens (tertiary/aromatic N) is 1. The van der Waals surface area contributed by atoms with Gasteiger partial charge in [-0.2, -0.15) is 0 Å². The predicted octanol–water partition coefficient (Wildman–Crippen LogP) is -0.682. The quantitative estimate of drug-likeness (QED) is 0.570. The summed E-state index contributed by atoms with van der Waals surface area (Å²) in [6.07, 6.45) is -0.476. The Hall–Kier alpha value is -1.10. The highest BCUT2D eigenvalue weighted by atomic mass is 16.5. The normalized spacial score (nSPS) is 25.2. The Morgan fingerprint density at radius 3 is 3.00 bits per heavy atom. The third-order valence-corrected chi connectivity index (χ3v) is 1.84. The summed E-state index contributed by atoms with van der Waals surface area (Å²) in [5, 5.41) is 8.58. The lowest BCUT2D eigenvalue weighted by Gasteiger charge is -2.11. The summed E-state index contributed by atoms with van der Waals surface area (Å²) in [5.74, 6) is -1.17. The van der Waals surface area contributed by atoms with Crippen molar-refractivity contribution < 1.29 is 19.4 Å². The average molecular weight is 173 g/mol. The van der Waals surface area contributed by atoms with Crippen LogP contribution in [0.5, 0.6) is 0 Å². The number of rotatable bonds is 1. The second kappa shape index (κ2) is 3.53. The summed E-state index contributed by atoms with van der Waals surface area (Å²) >= 11 is 0. The molecule has 1 heterocycles. The second-order valence-electron chi connectivity index (χ2n) is 2.74. The molecule has 0 aromatic heterocycles. The van der Waals surface area contributed by atoms with Crippen LogP contribution in [0.4, 0.5) is 0 Å². The van der Waals surface area contributed by atoms with Crippen LogP contribution in [0.3, 0.4) is 0 Å². The highest BCUT2D eigenvalue weighted by Gasteiger charge is 2.24. The van der Waals surface area contributed by atoms with Crippen molar-refractivity contribution >= 4 is 11.9 Å². The summed E-state index contributed by atoms with van der Waals surface area (Å²) in [6, 6.07) is 0. The minimum absolute atomic E-state index is 0.131. The lowest BCUT2D eigenvalue weighted by Crippen LogP contribution is -2.28. The number of amides is 1. The maximum absolute atomic E-state index is 11.0. The van der Waals surface area contributed by atoms with E-state index in [9.17, 15) is 9.59 Å². The molecule has 0 aromatic carbocycles. The number of hydrogen-bond donors (Lipinski definition) is 1. The van der Waals surface area contributed by atoms with Crippen molar-refractivity contribution in [2.45, 2.75) is 12.5 Å². The van der Waals surface area contributed by atoms with Crippen LogP contribution in [-0.2, 0) is 14.3 Å². The first-order valence-electron chi connectivity index (χ1n) is 3.69. The van der Waals surface area contributed by atoms with Gasteiger partial charge in [-0.15, -0.1) is 0 Å². The van der Waals surface area contributed by atoms with E-state index in [1.807, 2.05) is 0 Å². The van der Waals surface area contributed by atoms with Crippen molar-refractivity contribution in [3.63, 3.8) is 0 Å². The van der Waals surface area contributed by atoms with Gasteiger partial charge in [0.05, 0.1) is 0 Å². The minimum Gasteiger partial charge on any atom is -0.479 e. The van der Waals surface area contributed by atoms with Gasteiger partial charge in [0.2, 0.25) is 5.91 Å². The number of aliphatic carboxylic acids is 1. The largest absolute Gasteiger partial charge is 0.479 e. The number of ether oxygens (including phenoxy) is 1. The lowest BCUT2D eigenvalue weighted by atomic mass is 10.2. The lowest BCUT2D eigenvalue weighted by molar-refractivity contribution is -0.151. The van der Waals surface area contributed by atoms with Gasteiger partial charge in [0.25, 0.3) is 0 Å². The van der Waals surface area contributed by atoms with Crippen molar-refractivity contribution in [2.24, 2.45) is 0 Å². The van der Waals surface area contributed by atoms with Crippen LogP contribution in [0.25, 0.3) is 0 Å². The topological polar surface area (TPSA) is 66.8 Å². The second-order valence-corrected chi connectivity index (χ2v) is 2.74. The van der Waals surface area contributed by atoms with Crippen molar-refractivity contribution in [2.75, 3.05) is 20.2 Å². The molecule has 0 radical (unpaired) electrons. The van der Waals surface area contributed by atoms with Crippen LogP contribution in [0.1, 0.15) is 6.42 Å². The highest BCUT2D eigenvalue weighted by Crippen LogP contribution is 2.06. The Balaban J connectivity index is 2.55. The van der Waals surface area contributed by atoms with Crippen molar-refractivity contribution in [1.29, 1.82) is 0 Å². The Morgan fingerprint density at radius 1 is 1.75 bits per heavy atom. The van der Waals surface area contributed by atoms with E-state index in [1.54, 1.807) is 7.05 Å². The number of carbonyl (C=O) groups excluding carboxylic acids is 1. The molecule has 1 unspecified atom stereocenters. The molecule has 0 aromatic rings. The van der Waals surface area contributed by atoms with E-state index in [0.717, 1.165) is 0 Å². The molecule has 1 fully saturated rings. The first-order valence-corrected chi connectivity index (χ1v) is 3.69. The number of carboxylic acids is 1. The van der Waals surface area contributed by atoms with Gasteiger partial charge in [-0.1, -0.05) is 0 Å². The maximum atomic E-state index is 11.0. The van der Waals surface area contributed by atoms with E-state index in [4.69, 9.17) is 9.84 Å². The van der Waals surface area contributed by atoms with Crippen LogP contribution in [0, 0.1) is 0 Å². The Bertz CT molecular complexity index is 204. The van der Waals surface area contributed by atoms with Gasteiger partial charge in [-0.05, 0) is 0 Å². The molecule has 0 saturated carbocycles. The molecule has 12 heavy (non-hydrogen) atoms. The first-order chi connectivity index (χ1) is 5.61. The van der Waals surface area contributed by atoms with Gasteiger partial charge in [-0.3, -0.25) is 4.79 Å². The summed E-state index contributed by atoms with van der Waals surface area (Å²) in [7, 11) is 1.63. The summed E-state index contributed by atoms with van der Waals surface area (Å²) in [4.78, 5) is 22.9. The molecular weight excluding hydrogens is 162 g/mol. The first kappa shape index (κ1) is 8.99. The molecule has 0 aliphatic carbocycles. The van der Waals surface area contributed by atoms with Crippen LogP contribution in [0.2, 0.25) is 0 Å². The van der Waals surface area contributed by atoms with Crippen LogP contribution < -0.4 is 0 Å². The SMILES string of the molecule is CN1CCC(C(=O)O)OCC1=O. The molecule has 68 valence electrons. The fraction of sp³-hybridized carbons (Fsp3) is 0.714. The number of hydrogen-bond acceptors (Lipinski definition) is 3. The maximum Gasteiger partial charge on any atom is 0.332 e. The Kier molecular flexibility index (Phi) is 2.65. The molecule has 0 spiro atoms. The standard InChI is InChI=1S/C7H11NO4/c1-8-3-2-5(7(10)11)12-4-6(8)9/h5H,2-4H2,1H3,(H,10,11). The molecule has 1 atom stereocenters. The zero-order valence-electron chi connectivity index (χ0n) is 6.82. The minimum atomic E-state index is -1.00. The molecule has 1 rings (SSSR count). The molecule has 5 heteroatoms. The average Bonchev–Trinajstić information content (AvgIpc) is 2.16. The smallest absolute Gasteiger partial charge is 0.332 e. The van der Waals surface area contributed by atoms with E-state index < -0.39 is 12.1 Å². The van der Waals surface area contributed by atoms with Gasteiger partial charge < -0.3 is 14.7 Å². The van der Waals surface area contributed by atoms with Gasteiger partial charge in [0.15, 0.2) is 6.10 Å². The third kappa shape index (κ3) is 1.94. The van der Waals surface area contributed by atoms with Gasteiger partial charge >= 0.3 is 5.97 Å². The molecule has 1 aliphatic rings. The van der Waals surface area contributed by atoms with E-state index in [1.165, 1.54) is 4.90 Å². The molecule has 0 bridgehead atoms. The molecule has 1 N–H and O–H groups in total. The fourth-order valence-electron chi connectivity index (χ4n) is 0.996. The van der Waals surface area contributed by atoms with Crippen molar-refractivity contribution in [1.82, 2.24) is 4.90 Å². The zero-order chi connectivity index (χ0) is 9.14. The number of carbonyl (C=O) groups is 2. The van der Waals surface area contributed by atoms with E-state index in [2.05, 4.69) is 0 Å². The number of likely N-dealkylation sites (N-methyl/N-ethyl adjacent to an activating group) is 1. The van der Waals surface area contributed by atoms with Crippen LogP contribution in [-0.4, -0.2) is 48.2 Å². The van der Waals surface area contributed by atoms with E-state index in [0.29, 0.717) is 13.0 Å². The molecular formula is C7H11NO4. The van der Waals surface area contributed by atoms with E-state index >= 15 is 0 Å². The van der Waals surface area contributed by atoms with Crippen LogP contribution in [0.15, 0.2) is 0 Å². The van der Waals surface area contributed by atoms with Crippen molar-refractivity contribution in [3.05, 3.63) is 0 Å². The monoisotopic (exact) mass is 173 g/mol. The summed E-state index contributed by atoms with van der Waals surface area (Å²) in [5.41, 5.74) is 0. The fourth-order valence-corrected chi connectivity index (χ4v) is 0.996. The summed E-state index contributed by atoms with van der Waals surface area (Å²) < 4.78 is 4.86. The molecule has 5 nitrogen and oxygen atoms in total. The molecule has 1 aliphatic heterocycles. The predicted molar refractivity (Wildman–Crippen MR) is 39.6 cm³/mol. The van der Waals surface area contributed by atoms with E-state index in [-0.39, 0.29) is 12.5 Å². The van der Waals surface area contributed by atoms with Crippen molar-refractivity contribution in [3.8, 4) is 0 Å². The Morgan fingerprint density at radius 2 is 2.42 bits per heavy atom. The van der Waals surface area contributed by atoms with Crippen LogP contribution >= 0.6 is 0 Å². The number of carboxylic acid groups (broad SMARTS) is 1.